The van der Waals surface area contributed by atoms with Gasteiger partial charge in [-0.25, -0.2) is 9.97 Å². The van der Waals surface area contributed by atoms with Gasteiger partial charge in [-0.15, -0.1) is 0 Å². The van der Waals surface area contributed by atoms with E-state index < -0.39 is 0 Å². The van der Waals surface area contributed by atoms with Gasteiger partial charge in [0.25, 0.3) is 0 Å². The Morgan fingerprint density at radius 3 is 2.42 bits per heavy atom. The van der Waals surface area contributed by atoms with Gasteiger partial charge in [0.1, 0.15) is 0 Å². The molecule has 0 spiro atoms. The molecule has 0 unspecified atom stereocenters. The Hall–Kier alpha value is -2.24. The van der Waals surface area contributed by atoms with Gasteiger partial charge >= 0.3 is 0 Å². The first kappa shape index (κ1) is 18.1. The summed E-state index contributed by atoms with van der Waals surface area (Å²) >= 11 is 0. The first-order valence-electron chi connectivity index (χ1n) is 8.37. The zero-order valence-electron chi connectivity index (χ0n) is 14.2. The van der Waals surface area contributed by atoms with E-state index in [0.29, 0.717) is 32.3 Å². The normalized spacial score (nSPS) is 11.1. The summed E-state index contributed by atoms with van der Waals surface area (Å²) in [6, 6.07) is 8.39. The number of aryl methyl sites for hydroxylation is 1. The van der Waals surface area contributed by atoms with Crippen LogP contribution in [-0.2, 0) is 24.2 Å². The van der Waals surface area contributed by atoms with Crippen LogP contribution in [0.2, 0.25) is 0 Å². The summed E-state index contributed by atoms with van der Waals surface area (Å²) in [5.41, 5.74) is 9.12. The molecule has 0 aliphatic heterocycles. The summed E-state index contributed by atoms with van der Waals surface area (Å²) < 4.78 is 5.63. The predicted molar refractivity (Wildman–Crippen MR) is 97.9 cm³/mol. The van der Waals surface area contributed by atoms with Crippen LogP contribution >= 0.6 is 0 Å². The Balaban J connectivity index is 1.60. The van der Waals surface area contributed by atoms with Gasteiger partial charge in [0, 0.05) is 18.9 Å². The number of hydrogen-bond donors (Lipinski definition) is 2. The van der Waals surface area contributed by atoms with Gasteiger partial charge in [-0.05, 0) is 36.1 Å². The molecular formula is C19H26N4O. The van der Waals surface area contributed by atoms with Crippen molar-refractivity contribution in [2.45, 2.75) is 26.4 Å². The topological polar surface area (TPSA) is 73.1 Å². The highest BCUT2D eigenvalue weighted by Gasteiger charge is 1.95. The van der Waals surface area contributed by atoms with E-state index in [0.717, 1.165) is 18.4 Å². The molecule has 0 radical (unpaired) electrons. The van der Waals surface area contributed by atoms with Crippen LogP contribution in [0.3, 0.4) is 0 Å². The second-order valence-corrected chi connectivity index (χ2v) is 5.49. The van der Waals surface area contributed by atoms with Crippen molar-refractivity contribution in [2.75, 3.05) is 25.0 Å². The highest BCUT2D eigenvalue weighted by atomic mass is 16.5. The van der Waals surface area contributed by atoms with E-state index in [1.165, 1.54) is 11.1 Å². The molecule has 1 aromatic heterocycles. The fourth-order valence-corrected chi connectivity index (χ4v) is 2.14. The summed E-state index contributed by atoms with van der Waals surface area (Å²) in [5, 5.41) is 3.15. The lowest BCUT2D eigenvalue weighted by Gasteiger charge is -2.04. The molecule has 5 nitrogen and oxygen atoms in total. The Labute approximate surface area is 144 Å². The fourth-order valence-electron chi connectivity index (χ4n) is 2.14. The summed E-state index contributed by atoms with van der Waals surface area (Å²) in [6.45, 7) is 4.65. The predicted octanol–water partition coefficient (Wildman–Crippen LogP) is 2.73. The lowest BCUT2D eigenvalue weighted by molar-refractivity contribution is 0.148. The van der Waals surface area contributed by atoms with E-state index in [4.69, 9.17) is 10.5 Å². The van der Waals surface area contributed by atoms with Gasteiger partial charge < -0.3 is 15.8 Å². The molecule has 0 aliphatic rings. The Bertz CT molecular complexity index is 608. The minimum Gasteiger partial charge on any atom is -0.373 e. The van der Waals surface area contributed by atoms with Gasteiger partial charge in [0.05, 0.1) is 13.2 Å². The van der Waals surface area contributed by atoms with Gasteiger partial charge in [-0.3, -0.25) is 0 Å². The minimum atomic E-state index is 0.585. The smallest absolute Gasteiger partial charge is 0.222 e. The Kier molecular flexibility index (Phi) is 7.93. The zero-order chi connectivity index (χ0) is 17.0. The molecule has 0 aliphatic carbocycles. The summed E-state index contributed by atoms with van der Waals surface area (Å²) in [4.78, 5) is 8.50. The van der Waals surface area contributed by atoms with Crippen molar-refractivity contribution in [3.63, 3.8) is 0 Å². The zero-order valence-corrected chi connectivity index (χ0v) is 14.2. The molecule has 2 rings (SSSR count). The summed E-state index contributed by atoms with van der Waals surface area (Å²) in [5.74, 6) is 0.648. The molecule has 3 N–H and O–H groups in total. The minimum absolute atomic E-state index is 0.585. The molecule has 2 aromatic rings. The van der Waals surface area contributed by atoms with Crippen molar-refractivity contribution in [2.24, 2.45) is 5.73 Å². The molecule has 0 atom stereocenters. The first-order chi connectivity index (χ1) is 11.8. The second kappa shape index (κ2) is 10.5. The van der Waals surface area contributed by atoms with Crippen LogP contribution in [0, 0.1) is 0 Å². The molecule has 5 heteroatoms. The van der Waals surface area contributed by atoms with E-state index in [1.807, 2.05) is 24.5 Å². The van der Waals surface area contributed by atoms with Crippen LogP contribution in [0.15, 0.2) is 48.8 Å². The molecule has 128 valence electrons. The third-order valence-corrected chi connectivity index (χ3v) is 3.60. The monoisotopic (exact) mass is 326 g/mol. The van der Waals surface area contributed by atoms with E-state index in [1.54, 1.807) is 0 Å². The molecule has 1 aromatic carbocycles. The molecule has 24 heavy (non-hydrogen) atoms. The van der Waals surface area contributed by atoms with E-state index >= 15 is 0 Å². The van der Waals surface area contributed by atoms with Crippen molar-refractivity contribution < 1.29 is 4.74 Å². The molecule has 0 bridgehead atoms. The maximum absolute atomic E-state index is 5.63. The standard InChI is InChI=1S/C19H26N4O/c1-2-16-13-22-19(23-14-16)21-11-3-4-12-24-15-18-7-5-17(6-8-18)9-10-20/h3-8,13-14H,2,9-12,15,20H2,1H3,(H,21,22,23)/b4-3+. The number of nitrogens with two attached hydrogens (primary N) is 1. The Morgan fingerprint density at radius 1 is 1.04 bits per heavy atom. The Morgan fingerprint density at radius 2 is 1.75 bits per heavy atom. The number of rotatable bonds is 10. The second-order valence-electron chi connectivity index (χ2n) is 5.49. The largest absolute Gasteiger partial charge is 0.373 e. The molecular weight excluding hydrogens is 300 g/mol. The van der Waals surface area contributed by atoms with E-state index in [-0.39, 0.29) is 0 Å². The van der Waals surface area contributed by atoms with Gasteiger partial charge in [-0.1, -0.05) is 43.3 Å². The number of nitrogens with one attached hydrogen (secondary N) is 1. The molecule has 0 fully saturated rings. The van der Waals surface area contributed by atoms with Crippen LogP contribution < -0.4 is 11.1 Å². The van der Waals surface area contributed by atoms with Crippen LogP contribution in [0.5, 0.6) is 0 Å². The maximum Gasteiger partial charge on any atom is 0.222 e. The van der Waals surface area contributed by atoms with Crippen LogP contribution in [-0.4, -0.2) is 29.7 Å². The van der Waals surface area contributed by atoms with Crippen LogP contribution in [0.25, 0.3) is 0 Å². The number of nitrogens with zero attached hydrogens (tertiary/aromatic N) is 2. The van der Waals surface area contributed by atoms with Crippen LogP contribution in [0.4, 0.5) is 5.95 Å². The van der Waals surface area contributed by atoms with Crippen molar-refractivity contribution in [3.8, 4) is 0 Å². The van der Waals surface area contributed by atoms with Gasteiger partial charge in [0.15, 0.2) is 0 Å². The highest BCUT2D eigenvalue weighted by molar-refractivity contribution is 5.25. The number of aromatic nitrogens is 2. The summed E-state index contributed by atoms with van der Waals surface area (Å²) in [7, 11) is 0. The lowest BCUT2D eigenvalue weighted by Crippen LogP contribution is -2.03. The third kappa shape index (κ3) is 6.48. The number of anilines is 1. The van der Waals surface area contributed by atoms with Crippen molar-refractivity contribution in [3.05, 3.63) is 65.5 Å². The molecule has 0 saturated heterocycles. The van der Waals surface area contributed by atoms with Gasteiger partial charge in [0.2, 0.25) is 5.95 Å². The average Bonchev–Trinajstić information content (AvgIpc) is 2.63. The van der Waals surface area contributed by atoms with Crippen molar-refractivity contribution in [1.82, 2.24) is 9.97 Å². The molecule has 0 amide bonds. The molecule has 0 saturated carbocycles. The number of benzene rings is 1. The third-order valence-electron chi connectivity index (χ3n) is 3.60. The fraction of sp³-hybridized carbons (Fsp3) is 0.368. The van der Waals surface area contributed by atoms with Gasteiger partial charge in [-0.2, -0.15) is 0 Å². The maximum atomic E-state index is 5.63. The van der Waals surface area contributed by atoms with Crippen molar-refractivity contribution >= 4 is 5.95 Å². The van der Waals surface area contributed by atoms with E-state index in [2.05, 4.69) is 46.5 Å². The highest BCUT2D eigenvalue weighted by Crippen LogP contribution is 2.06. The average molecular weight is 326 g/mol. The lowest BCUT2D eigenvalue weighted by atomic mass is 10.1. The SMILES string of the molecule is CCc1cnc(NC/C=C/COCc2ccc(CCN)cc2)nc1. The number of ether oxygens (including phenoxy) is 1. The number of hydrogen-bond acceptors (Lipinski definition) is 5. The van der Waals surface area contributed by atoms with E-state index in [9.17, 15) is 0 Å². The quantitative estimate of drug-likeness (QED) is 0.519. The van der Waals surface area contributed by atoms with Crippen molar-refractivity contribution in [1.29, 1.82) is 0 Å². The summed E-state index contributed by atoms with van der Waals surface area (Å²) in [6.07, 6.45) is 9.58. The molecule has 1 heterocycles. The van der Waals surface area contributed by atoms with Crippen LogP contribution in [0.1, 0.15) is 23.6 Å². The first-order valence-corrected chi connectivity index (χ1v) is 8.37.